The molecule has 0 bridgehead atoms. The Labute approximate surface area is 177 Å². The van der Waals surface area contributed by atoms with E-state index in [0.29, 0.717) is 23.4 Å². The number of rotatable bonds is 3. The van der Waals surface area contributed by atoms with Crippen LogP contribution in [0.2, 0.25) is 0 Å². The smallest absolute Gasteiger partial charge is 0.250 e. The number of amides is 1. The Morgan fingerprint density at radius 2 is 1.87 bits per heavy atom. The van der Waals surface area contributed by atoms with Crippen LogP contribution in [0.4, 0.5) is 14.5 Å². The van der Waals surface area contributed by atoms with Crippen LogP contribution in [-0.4, -0.2) is 35.2 Å². The zero-order valence-corrected chi connectivity index (χ0v) is 16.7. The van der Waals surface area contributed by atoms with Crippen LogP contribution >= 0.6 is 0 Å². The number of Topliss-reactive ketones (excluding diaryl/α,β-unsaturated/α-hetero) is 1. The van der Waals surface area contributed by atoms with E-state index in [1.165, 1.54) is 36.5 Å². The van der Waals surface area contributed by atoms with E-state index in [-0.39, 0.29) is 17.5 Å². The van der Waals surface area contributed by atoms with Crippen LogP contribution in [-0.2, 0) is 10.3 Å². The van der Waals surface area contributed by atoms with Crippen LogP contribution in [0.15, 0.2) is 67.0 Å². The van der Waals surface area contributed by atoms with E-state index in [9.17, 15) is 18.4 Å². The maximum absolute atomic E-state index is 14.3. The van der Waals surface area contributed by atoms with E-state index in [0.717, 1.165) is 5.56 Å². The standard InChI is InChI=1S/C24H19F2N3O2/c1-29-13-18(14-4-6-16(25)7-5-14)21(22(30)15-3-2-10-27-12-15)24(29)19-11-17(26)8-9-20(19)28-23(24)31/h2-12,18,21H,13H2,1H3,(H,28,31)/t18-,21?,24-/m1/s1. The number of pyridine rings is 1. The molecule has 0 aliphatic carbocycles. The number of likely N-dealkylation sites (N-methyl/N-ethyl adjacent to an activating group) is 1. The minimum atomic E-state index is -1.39. The van der Waals surface area contributed by atoms with Crippen molar-refractivity contribution >= 4 is 17.4 Å². The lowest BCUT2D eigenvalue weighted by Gasteiger charge is -2.35. The van der Waals surface area contributed by atoms with Gasteiger partial charge < -0.3 is 5.32 Å². The monoisotopic (exact) mass is 419 g/mol. The number of carbonyl (C=O) groups is 2. The first kappa shape index (κ1) is 19.5. The molecule has 1 aromatic heterocycles. The van der Waals surface area contributed by atoms with Crippen LogP contribution in [0.25, 0.3) is 0 Å². The van der Waals surface area contributed by atoms with Gasteiger partial charge in [0.2, 0.25) is 5.91 Å². The number of ketones is 1. The first-order valence-corrected chi connectivity index (χ1v) is 9.95. The van der Waals surface area contributed by atoms with Gasteiger partial charge in [0.1, 0.15) is 17.2 Å². The number of nitrogens with one attached hydrogen (secondary N) is 1. The molecule has 1 spiro atoms. The van der Waals surface area contributed by atoms with Gasteiger partial charge in [0.15, 0.2) is 5.78 Å². The van der Waals surface area contributed by atoms with Gasteiger partial charge in [0.05, 0.1) is 5.92 Å². The Kier molecular flexibility index (Phi) is 4.44. The summed E-state index contributed by atoms with van der Waals surface area (Å²) in [5.74, 6) is -2.76. The van der Waals surface area contributed by atoms with Gasteiger partial charge in [0.25, 0.3) is 0 Å². The predicted molar refractivity (Wildman–Crippen MR) is 111 cm³/mol. The van der Waals surface area contributed by atoms with Gasteiger partial charge in [-0.3, -0.25) is 19.5 Å². The van der Waals surface area contributed by atoms with Gasteiger partial charge in [-0.2, -0.15) is 0 Å². The van der Waals surface area contributed by atoms with Gasteiger partial charge >= 0.3 is 0 Å². The highest BCUT2D eigenvalue weighted by Crippen LogP contribution is 2.55. The van der Waals surface area contributed by atoms with Crippen molar-refractivity contribution in [3.8, 4) is 0 Å². The third-order valence-electron chi connectivity index (χ3n) is 6.44. The quantitative estimate of drug-likeness (QED) is 0.657. The number of fused-ring (bicyclic) bond motifs is 2. The summed E-state index contributed by atoms with van der Waals surface area (Å²) in [6.45, 7) is 0.367. The zero-order valence-electron chi connectivity index (χ0n) is 16.7. The molecule has 3 atom stereocenters. The van der Waals surface area contributed by atoms with Crippen molar-refractivity contribution in [2.75, 3.05) is 18.9 Å². The van der Waals surface area contributed by atoms with E-state index < -0.39 is 23.2 Å². The van der Waals surface area contributed by atoms with E-state index in [1.807, 2.05) is 0 Å². The molecular weight excluding hydrogens is 400 g/mol. The van der Waals surface area contributed by atoms with Crippen LogP contribution in [0, 0.1) is 17.6 Å². The zero-order chi connectivity index (χ0) is 21.8. The number of carbonyl (C=O) groups excluding carboxylic acids is 2. The van der Waals surface area contributed by atoms with E-state index in [1.54, 1.807) is 42.4 Å². The molecule has 2 aliphatic rings. The summed E-state index contributed by atoms with van der Waals surface area (Å²) in [6, 6.07) is 13.4. The predicted octanol–water partition coefficient (Wildman–Crippen LogP) is 3.74. The van der Waals surface area contributed by atoms with Crippen molar-refractivity contribution < 1.29 is 18.4 Å². The van der Waals surface area contributed by atoms with Crippen molar-refractivity contribution in [2.24, 2.45) is 5.92 Å². The second kappa shape index (κ2) is 7.06. The first-order valence-electron chi connectivity index (χ1n) is 9.95. The number of anilines is 1. The van der Waals surface area contributed by atoms with Crippen LogP contribution in [0.1, 0.15) is 27.4 Å². The van der Waals surface area contributed by atoms with Crippen molar-refractivity contribution in [1.29, 1.82) is 0 Å². The van der Waals surface area contributed by atoms with Gasteiger partial charge in [-0.1, -0.05) is 12.1 Å². The first-order chi connectivity index (χ1) is 14.9. The number of hydrogen-bond donors (Lipinski definition) is 1. The van der Waals surface area contributed by atoms with E-state index in [4.69, 9.17) is 0 Å². The fraction of sp³-hybridized carbons (Fsp3) is 0.208. The van der Waals surface area contributed by atoms with Gasteiger partial charge in [0, 0.05) is 41.7 Å². The normalized spacial score (nSPS) is 24.9. The fourth-order valence-electron chi connectivity index (χ4n) is 5.11. The number of halogens is 2. The molecule has 156 valence electrons. The van der Waals surface area contributed by atoms with E-state index >= 15 is 0 Å². The van der Waals surface area contributed by atoms with Crippen molar-refractivity contribution in [3.63, 3.8) is 0 Å². The van der Waals surface area contributed by atoms with Gasteiger partial charge in [-0.05, 0) is 55.1 Å². The molecule has 5 nitrogen and oxygen atoms in total. The fourth-order valence-corrected chi connectivity index (χ4v) is 5.11. The molecule has 7 heteroatoms. The molecule has 31 heavy (non-hydrogen) atoms. The average Bonchev–Trinajstić information content (AvgIpc) is 3.24. The van der Waals surface area contributed by atoms with Crippen LogP contribution in [0.3, 0.4) is 0 Å². The number of aromatic nitrogens is 1. The van der Waals surface area contributed by atoms with Gasteiger partial charge in [-0.15, -0.1) is 0 Å². The number of likely N-dealkylation sites (tertiary alicyclic amines) is 1. The summed E-state index contributed by atoms with van der Waals surface area (Å²) in [5.41, 5.74) is 0.648. The Hall–Kier alpha value is -3.45. The van der Waals surface area contributed by atoms with E-state index in [2.05, 4.69) is 10.3 Å². The Morgan fingerprint density at radius 3 is 2.58 bits per heavy atom. The summed E-state index contributed by atoms with van der Waals surface area (Å²) in [6.07, 6.45) is 3.03. The molecular formula is C24H19F2N3O2. The topological polar surface area (TPSA) is 62.3 Å². The lowest BCUT2D eigenvalue weighted by molar-refractivity contribution is -0.126. The molecule has 0 radical (unpaired) electrons. The Morgan fingerprint density at radius 1 is 1.13 bits per heavy atom. The Bertz CT molecular complexity index is 1180. The molecule has 1 amide bonds. The number of benzene rings is 2. The van der Waals surface area contributed by atoms with Crippen LogP contribution in [0.5, 0.6) is 0 Å². The highest BCUT2D eigenvalue weighted by atomic mass is 19.1. The molecule has 1 unspecified atom stereocenters. The second-order valence-corrected chi connectivity index (χ2v) is 8.03. The maximum atomic E-state index is 14.3. The van der Waals surface area contributed by atoms with Gasteiger partial charge in [-0.25, -0.2) is 8.78 Å². The van der Waals surface area contributed by atoms with Crippen molar-refractivity contribution in [3.05, 3.63) is 95.3 Å². The molecule has 1 saturated heterocycles. The van der Waals surface area contributed by atoms with Crippen molar-refractivity contribution in [1.82, 2.24) is 9.88 Å². The highest BCUT2D eigenvalue weighted by Gasteiger charge is 2.64. The Balaban J connectivity index is 1.74. The second-order valence-electron chi connectivity index (χ2n) is 8.03. The average molecular weight is 419 g/mol. The summed E-state index contributed by atoms with van der Waals surface area (Å²) in [4.78, 5) is 33.1. The molecule has 2 aliphatic heterocycles. The third-order valence-corrected chi connectivity index (χ3v) is 6.44. The summed E-state index contributed by atoms with van der Waals surface area (Å²) in [5, 5.41) is 2.83. The highest BCUT2D eigenvalue weighted by molar-refractivity contribution is 6.12. The molecule has 2 aromatic carbocycles. The molecule has 0 saturated carbocycles. The SMILES string of the molecule is CN1C[C@H](c2ccc(F)cc2)C(C(=O)c2cccnc2)[C@]12C(=O)Nc1ccc(F)cc12. The largest absolute Gasteiger partial charge is 0.324 e. The van der Waals surface area contributed by atoms with Crippen molar-refractivity contribution in [2.45, 2.75) is 11.5 Å². The summed E-state index contributed by atoms with van der Waals surface area (Å²) < 4.78 is 27.9. The summed E-state index contributed by atoms with van der Waals surface area (Å²) in [7, 11) is 1.76. The lowest BCUT2D eigenvalue weighted by Crippen LogP contribution is -2.51. The minimum absolute atomic E-state index is 0.265. The molecule has 5 rings (SSSR count). The molecule has 3 heterocycles. The summed E-state index contributed by atoms with van der Waals surface area (Å²) >= 11 is 0. The lowest BCUT2D eigenvalue weighted by atomic mass is 9.70. The number of nitrogens with zero attached hydrogens (tertiary/aromatic N) is 2. The molecule has 3 aromatic rings. The van der Waals surface area contributed by atoms with Crippen LogP contribution < -0.4 is 5.32 Å². The maximum Gasteiger partial charge on any atom is 0.250 e. The number of hydrogen-bond acceptors (Lipinski definition) is 4. The molecule has 1 N–H and O–H groups in total. The third kappa shape index (κ3) is 2.80. The molecule has 1 fully saturated rings. The minimum Gasteiger partial charge on any atom is -0.324 e.